The molecular formula is C12H12ClN5S. The van der Waals surface area contributed by atoms with Crippen LogP contribution in [0.1, 0.15) is 5.82 Å². The van der Waals surface area contributed by atoms with Gasteiger partial charge in [-0.15, -0.1) is 0 Å². The van der Waals surface area contributed by atoms with Gasteiger partial charge >= 0.3 is 0 Å². The first-order valence-electron chi connectivity index (χ1n) is 5.86. The number of hydrogen-bond donors (Lipinski definition) is 1. The summed E-state index contributed by atoms with van der Waals surface area (Å²) in [5.41, 5.74) is 2.00. The third-order valence-electron chi connectivity index (χ3n) is 2.94. The lowest BCUT2D eigenvalue weighted by Crippen LogP contribution is -2.03. The Morgan fingerprint density at radius 1 is 1.42 bits per heavy atom. The molecular weight excluding hydrogens is 282 g/mol. The fraction of sp³-hybridized carbons (Fsp3) is 0.250. The number of hydrogen-bond acceptors (Lipinski definition) is 3. The van der Waals surface area contributed by atoms with Crippen molar-refractivity contribution in [1.29, 1.82) is 0 Å². The lowest BCUT2D eigenvalue weighted by atomic mass is 10.3. The molecule has 2 aromatic heterocycles. The van der Waals surface area contributed by atoms with Gasteiger partial charge in [-0.3, -0.25) is 4.68 Å². The summed E-state index contributed by atoms with van der Waals surface area (Å²) in [6, 6.07) is 5.69. The van der Waals surface area contributed by atoms with Crippen molar-refractivity contribution in [3.63, 3.8) is 0 Å². The quantitative estimate of drug-likeness (QED) is 0.756. The highest BCUT2D eigenvalue weighted by atomic mass is 35.5. The summed E-state index contributed by atoms with van der Waals surface area (Å²) in [6.45, 7) is 0.725. The first-order chi connectivity index (χ1) is 9.13. The minimum absolute atomic E-state index is 0.688. The van der Waals surface area contributed by atoms with Gasteiger partial charge in [0.1, 0.15) is 6.33 Å². The van der Waals surface area contributed by atoms with Gasteiger partial charge < -0.3 is 9.55 Å². The van der Waals surface area contributed by atoms with Gasteiger partial charge in [-0.1, -0.05) is 11.6 Å². The Morgan fingerprint density at radius 2 is 2.26 bits per heavy atom. The van der Waals surface area contributed by atoms with E-state index in [1.54, 1.807) is 11.0 Å². The van der Waals surface area contributed by atoms with Crippen molar-refractivity contribution < 1.29 is 0 Å². The van der Waals surface area contributed by atoms with Crippen LogP contribution in [-0.4, -0.2) is 24.3 Å². The number of nitrogens with zero attached hydrogens (tertiary/aromatic N) is 4. The molecule has 0 amide bonds. The highest BCUT2D eigenvalue weighted by Gasteiger charge is 2.06. The van der Waals surface area contributed by atoms with Crippen LogP contribution in [0.4, 0.5) is 0 Å². The van der Waals surface area contributed by atoms with Crippen LogP contribution >= 0.6 is 23.8 Å². The first kappa shape index (κ1) is 12.4. The molecule has 0 atom stereocenters. The fourth-order valence-electron chi connectivity index (χ4n) is 2.06. The van der Waals surface area contributed by atoms with Gasteiger partial charge in [0, 0.05) is 25.0 Å². The monoisotopic (exact) mass is 293 g/mol. The number of aromatic amines is 1. The maximum absolute atomic E-state index is 6.03. The van der Waals surface area contributed by atoms with E-state index in [1.807, 2.05) is 29.8 Å². The highest BCUT2D eigenvalue weighted by Crippen LogP contribution is 2.19. The van der Waals surface area contributed by atoms with E-state index >= 15 is 0 Å². The molecule has 19 heavy (non-hydrogen) atoms. The molecule has 1 aromatic carbocycles. The molecule has 3 rings (SSSR count). The topological polar surface area (TPSA) is 51.4 Å². The molecule has 0 saturated heterocycles. The van der Waals surface area contributed by atoms with Gasteiger partial charge in [-0.2, -0.15) is 5.10 Å². The van der Waals surface area contributed by atoms with Gasteiger partial charge in [0.25, 0.3) is 0 Å². The number of benzene rings is 1. The summed E-state index contributed by atoms with van der Waals surface area (Å²) in [6.07, 6.45) is 2.43. The lowest BCUT2D eigenvalue weighted by molar-refractivity contribution is 0.666. The summed E-state index contributed by atoms with van der Waals surface area (Å²) >= 11 is 11.4. The van der Waals surface area contributed by atoms with Crippen molar-refractivity contribution >= 4 is 34.9 Å². The third-order valence-corrected chi connectivity index (χ3v) is 3.50. The fourth-order valence-corrected chi connectivity index (χ4v) is 2.52. The number of nitrogens with one attached hydrogen (secondary N) is 1. The van der Waals surface area contributed by atoms with E-state index in [0.29, 0.717) is 9.79 Å². The Labute approximate surface area is 119 Å². The van der Waals surface area contributed by atoms with E-state index in [-0.39, 0.29) is 0 Å². The van der Waals surface area contributed by atoms with E-state index in [9.17, 15) is 0 Å². The maximum Gasteiger partial charge on any atom is 0.178 e. The van der Waals surface area contributed by atoms with E-state index in [0.717, 1.165) is 29.8 Å². The first-order valence-corrected chi connectivity index (χ1v) is 6.65. The second-order valence-electron chi connectivity index (χ2n) is 4.33. The van der Waals surface area contributed by atoms with Crippen LogP contribution in [0.5, 0.6) is 0 Å². The van der Waals surface area contributed by atoms with Crippen molar-refractivity contribution in [2.24, 2.45) is 7.05 Å². The number of halogens is 1. The third kappa shape index (κ3) is 2.41. The molecule has 0 bridgehead atoms. The zero-order valence-electron chi connectivity index (χ0n) is 10.3. The van der Waals surface area contributed by atoms with Gasteiger partial charge in [0.05, 0.1) is 11.0 Å². The van der Waals surface area contributed by atoms with Crippen LogP contribution in [0.2, 0.25) is 5.02 Å². The molecule has 0 aliphatic heterocycles. The average molecular weight is 294 g/mol. The predicted molar refractivity (Wildman–Crippen MR) is 76.8 cm³/mol. The second-order valence-corrected chi connectivity index (χ2v) is 5.15. The molecule has 0 aliphatic carbocycles. The number of H-pyrrole nitrogens is 1. The Hall–Kier alpha value is -1.66. The van der Waals surface area contributed by atoms with Gasteiger partial charge in [0.2, 0.25) is 0 Å². The smallest absolute Gasteiger partial charge is 0.178 e. The molecule has 0 spiro atoms. The Balaban J connectivity index is 1.94. The van der Waals surface area contributed by atoms with Crippen molar-refractivity contribution in [3.8, 4) is 0 Å². The van der Waals surface area contributed by atoms with Crippen LogP contribution in [-0.2, 0) is 20.0 Å². The number of aromatic nitrogens is 5. The predicted octanol–water partition coefficient (Wildman–Crippen LogP) is 2.72. The molecule has 0 unspecified atom stereocenters. The Kier molecular flexibility index (Phi) is 3.12. The standard InChI is InChI=1S/C12H12ClN5S/c1-17-7-14-11(16-17)4-5-18-10-6-8(13)2-3-9(10)15-12(18)19/h2-3,6-7H,4-5H2,1H3,(H,15,19). The van der Waals surface area contributed by atoms with Crippen LogP contribution in [0.3, 0.4) is 0 Å². The Morgan fingerprint density at radius 3 is 3.00 bits per heavy atom. The van der Waals surface area contributed by atoms with Crippen LogP contribution in [0, 0.1) is 4.77 Å². The molecule has 0 radical (unpaired) electrons. The molecule has 0 fully saturated rings. The van der Waals surface area contributed by atoms with Gasteiger partial charge in [0.15, 0.2) is 10.6 Å². The molecule has 0 saturated carbocycles. The minimum Gasteiger partial charge on any atom is -0.331 e. The van der Waals surface area contributed by atoms with Crippen molar-refractivity contribution in [2.45, 2.75) is 13.0 Å². The zero-order chi connectivity index (χ0) is 13.4. The summed E-state index contributed by atoms with van der Waals surface area (Å²) in [5.74, 6) is 0.806. The summed E-state index contributed by atoms with van der Waals surface area (Å²) in [5, 5.41) is 4.96. The zero-order valence-corrected chi connectivity index (χ0v) is 11.9. The number of rotatable bonds is 3. The second kappa shape index (κ2) is 4.79. The summed E-state index contributed by atoms with van der Waals surface area (Å²) in [4.78, 5) is 7.38. The van der Waals surface area contributed by atoms with E-state index < -0.39 is 0 Å². The maximum atomic E-state index is 6.03. The van der Waals surface area contributed by atoms with E-state index in [4.69, 9.17) is 23.8 Å². The molecule has 0 aliphatic rings. The average Bonchev–Trinajstić information content (AvgIpc) is 2.90. The lowest BCUT2D eigenvalue weighted by Gasteiger charge is -2.02. The summed E-state index contributed by atoms with van der Waals surface area (Å²) < 4.78 is 4.40. The van der Waals surface area contributed by atoms with Gasteiger partial charge in [-0.25, -0.2) is 4.98 Å². The highest BCUT2D eigenvalue weighted by molar-refractivity contribution is 7.71. The molecule has 2 heterocycles. The van der Waals surface area contributed by atoms with E-state index in [2.05, 4.69) is 15.1 Å². The molecule has 7 heteroatoms. The van der Waals surface area contributed by atoms with E-state index in [1.165, 1.54) is 0 Å². The number of fused-ring (bicyclic) bond motifs is 1. The minimum atomic E-state index is 0.688. The Bertz CT molecular complexity index is 785. The summed E-state index contributed by atoms with van der Waals surface area (Å²) in [7, 11) is 1.85. The molecule has 5 nitrogen and oxygen atoms in total. The largest absolute Gasteiger partial charge is 0.331 e. The van der Waals surface area contributed by atoms with Crippen LogP contribution in [0.25, 0.3) is 11.0 Å². The van der Waals surface area contributed by atoms with Crippen molar-refractivity contribution in [1.82, 2.24) is 24.3 Å². The van der Waals surface area contributed by atoms with Gasteiger partial charge in [-0.05, 0) is 30.4 Å². The van der Waals surface area contributed by atoms with Crippen molar-refractivity contribution in [3.05, 3.63) is 40.1 Å². The molecule has 3 aromatic rings. The number of aryl methyl sites for hydroxylation is 3. The SMILES string of the molecule is Cn1cnc(CCn2c(=S)[nH]c3ccc(Cl)cc32)n1. The van der Waals surface area contributed by atoms with Crippen molar-refractivity contribution in [2.75, 3.05) is 0 Å². The number of imidazole rings is 1. The molecule has 98 valence electrons. The van der Waals surface area contributed by atoms with Crippen LogP contribution < -0.4 is 0 Å². The van der Waals surface area contributed by atoms with Crippen LogP contribution in [0.15, 0.2) is 24.5 Å². The molecule has 1 N–H and O–H groups in total. The normalized spacial score (nSPS) is 11.3.